The van der Waals surface area contributed by atoms with Crippen LogP contribution in [0.25, 0.3) is 43.1 Å². The van der Waals surface area contributed by atoms with E-state index in [4.69, 9.17) is 0 Å². The second-order valence-electron chi connectivity index (χ2n) is 16.4. The highest BCUT2D eigenvalue weighted by molar-refractivity contribution is 6.45. The molecule has 0 N–H and O–H groups in total. The standard InChI is InChI=1S/C52H50N2O4/c1-3-5-7-9-11-13-15-33-17-21-35(22-18-33)53-49(55)41-29-25-37-39-27-31-43-48-44(32-28-40(46(39)48)38-26-30-42(50(53)56)47(41)45(37)38)52(58)54(51(43)57)36-23-19-34(20-24-36)16-14-12-10-8-6-4-2/h17-32H,3-16H2,1-2H3. The molecule has 4 amide bonds. The Morgan fingerprint density at radius 1 is 0.328 bits per heavy atom. The molecule has 58 heavy (non-hydrogen) atoms. The first-order valence-electron chi connectivity index (χ1n) is 21.6. The average molecular weight is 767 g/mol. The fourth-order valence-corrected chi connectivity index (χ4v) is 9.58. The molecule has 0 atom stereocenters. The maximum Gasteiger partial charge on any atom is 0.265 e. The fraction of sp³-hybridized carbons (Fsp3) is 0.308. The van der Waals surface area contributed by atoms with Crippen LogP contribution in [0, 0.1) is 0 Å². The Hall–Kier alpha value is -5.88. The molecule has 2 aliphatic rings. The van der Waals surface area contributed by atoms with Crippen LogP contribution >= 0.6 is 0 Å². The number of hydrogen-bond donors (Lipinski definition) is 0. The number of unbranched alkanes of at least 4 members (excludes halogenated alkanes) is 10. The predicted molar refractivity (Wildman–Crippen MR) is 237 cm³/mol. The molecule has 9 rings (SSSR count). The SMILES string of the molecule is CCCCCCCCc1ccc(N2C(=O)c3ccc4c5ccc6c7c(ccc(c8ccc(c3c48)C2=O)c75)C(=O)N(c2ccc(CCCCCCCC)cc2)C6=O)cc1. The number of imide groups is 2. The number of anilines is 2. The predicted octanol–water partition coefficient (Wildman–Crippen LogP) is 13.1. The van der Waals surface area contributed by atoms with Crippen molar-refractivity contribution in [2.45, 2.75) is 104 Å². The van der Waals surface area contributed by atoms with Crippen molar-refractivity contribution in [1.82, 2.24) is 0 Å². The molecule has 6 nitrogen and oxygen atoms in total. The molecular formula is C52H50N2O4. The maximum atomic E-state index is 14.3. The molecule has 0 spiro atoms. The molecule has 2 aliphatic heterocycles. The van der Waals surface area contributed by atoms with E-state index < -0.39 is 0 Å². The van der Waals surface area contributed by atoms with Crippen LogP contribution in [0.15, 0.2) is 97.1 Å². The summed E-state index contributed by atoms with van der Waals surface area (Å²) >= 11 is 0. The number of carbonyl (C=O) groups is 4. The molecule has 0 saturated heterocycles. The van der Waals surface area contributed by atoms with Gasteiger partial charge in [-0.2, -0.15) is 0 Å². The van der Waals surface area contributed by atoms with E-state index in [9.17, 15) is 19.2 Å². The zero-order valence-corrected chi connectivity index (χ0v) is 33.7. The van der Waals surface area contributed by atoms with E-state index in [1.165, 1.54) is 85.1 Å². The molecule has 7 aromatic carbocycles. The van der Waals surface area contributed by atoms with Crippen LogP contribution < -0.4 is 9.80 Å². The van der Waals surface area contributed by atoms with E-state index in [0.717, 1.165) is 58.0 Å². The third kappa shape index (κ3) is 6.34. The molecule has 292 valence electrons. The summed E-state index contributed by atoms with van der Waals surface area (Å²) in [5.74, 6) is -1.36. The van der Waals surface area contributed by atoms with E-state index in [0.29, 0.717) is 44.4 Å². The smallest absolute Gasteiger partial charge is 0.265 e. The summed E-state index contributed by atoms with van der Waals surface area (Å²) in [6.07, 6.45) is 16.8. The number of nitrogens with zero attached hydrogens (tertiary/aromatic N) is 2. The van der Waals surface area contributed by atoms with Crippen LogP contribution in [-0.4, -0.2) is 23.6 Å². The molecule has 0 fully saturated rings. The van der Waals surface area contributed by atoms with Gasteiger partial charge in [-0.25, -0.2) is 9.80 Å². The highest BCUT2D eigenvalue weighted by Crippen LogP contribution is 2.47. The summed E-state index contributed by atoms with van der Waals surface area (Å²) in [4.78, 5) is 59.6. The first-order valence-corrected chi connectivity index (χ1v) is 21.6. The van der Waals surface area contributed by atoms with Gasteiger partial charge in [-0.15, -0.1) is 0 Å². The lowest BCUT2D eigenvalue weighted by atomic mass is 9.82. The van der Waals surface area contributed by atoms with E-state index in [1.54, 1.807) is 0 Å². The van der Waals surface area contributed by atoms with Gasteiger partial charge in [-0.3, -0.25) is 19.2 Å². The molecule has 0 aromatic heterocycles. The van der Waals surface area contributed by atoms with Crippen LogP contribution in [0.1, 0.15) is 143 Å². The normalized spacial score (nSPS) is 14.0. The molecule has 0 aliphatic carbocycles. The monoisotopic (exact) mass is 766 g/mol. The number of benzene rings is 7. The number of fused-ring (bicyclic) bond motifs is 2. The largest absolute Gasteiger partial charge is 0.268 e. The first-order chi connectivity index (χ1) is 28.4. The summed E-state index contributed by atoms with van der Waals surface area (Å²) in [5, 5.41) is 6.50. The van der Waals surface area contributed by atoms with Crippen LogP contribution in [0.4, 0.5) is 11.4 Å². The van der Waals surface area contributed by atoms with Crippen molar-refractivity contribution in [1.29, 1.82) is 0 Å². The molecule has 2 heterocycles. The Bertz CT molecular complexity index is 2420. The minimum Gasteiger partial charge on any atom is -0.268 e. The number of rotatable bonds is 16. The van der Waals surface area contributed by atoms with Gasteiger partial charge in [-0.05, 0) is 118 Å². The average Bonchev–Trinajstić information content (AvgIpc) is 3.25. The first kappa shape index (κ1) is 37.7. The van der Waals surface area contributed by atoms with Crippen LogP contribution in [-0.2, 0) is 12.8 Å². The topological polar surface area (TPSA) is 74.8 Å². The summed E-state index contributed by atoms with van der Waals surface area (Å²) < 4.78 is 0. The van der Waals surface area contributed by atoms with Gasteiger partial charge in [-0.1, -0.05) is 127 Å². The van der Waals surface area contributed by atoms with Crippen LogP contribution in [0.3, 0.4) is 0 Å². The van der Waals surface area contributed by atoms with Crippen molar-refractivity contribution in [2.75, 3.05) is 9.80 Å². The zero-order chi connectivity index (χ0) is 39.9. The van der Waals surface area contributed by atoms with E-state index in [2.05, 4.69) is 13.8 Å². The Labute approximate surface area is 340 Å². The Kier molecular flexibility index (Phi) is 10.3. The maximum absolute atomic E-state index is 14.3. The minimum absolute atomic E-state index is 0.340. The molecule has 0 saturated carbocycles. The molecule has 6 heteroatoms. The molecular weight excluding hydrogens is 717 g/mol. The molecule has 7 aromatic rings. The van der Waals surface area contributed by atoms with Gasteiger partial charge in [0.15, 0.2) is 0 Å². The lowest BCUT2D eigenvalue weighted by Crippen LogP contribution is -2.40. The number of carbonyl (C=O) groups excluding carboxylic acids is 4. The van der Waals surface area contributed by atoms with Gasteiger partial charge in [0.25, 0.3) is 23.6 Å². The summed E-state index contributed by atoms with van der Waals surface area (Å²) in [6, 6.07) is 30.9. The fourth-order valence-electron chi connectivity index (χ4n) is 9.58. The van der Waals surface area contributed by atoms with Crippen LogP contribution in [0.5, 0.6) is 0 Å². The highest BCUT2D eigenvalue weighted by Gasteiger charge is 2.38. The second kappa shape index (κ2) is 15.8. The van der Waals surface area contributed by atoms with Crippen molar-refractivity contribution < 1.29 is 19.2 Å². The van der Waals surface area contributed by atoms with Crippen LogP contribution in [0.2, 0.25) is 0 Å². The number of aryl methyl sites for hydroxylation is 2. The Balaban J connectivity index is 1.03. The highest BCUT2D eigenvalue weighted by atomic mass is 16.2. The van der Waals surface area contributed by atoms with E-state index in [-0.39, 0.29) is 23.6 Å². The lowest BCUT2D eigenvalue weighted by Gasteiger charge is -2.30. The molecule has 0 unspecified atom stereocenters. The molecule has 0 bridgehead atoms. The number of amides is 4. The van der Waals surface area contributed by atoms with Gasteiger partial charge in [0.2, 0.25) is 0 Å². The third-order valence-corrected chi connectivity index (χ3v) is 12.7. The third-order valence-electron chi connectivity index (χ3n) is 12.7. The molecule has 0 radical (unpaired) electrons. The van der Waals surface area contributed by atoms with Gasteiger partial charge in [0.1, 0.15) is 0 Å². The summed E-state index contributed by atoms with van der Waals surface area (Å²) in [5.41, 5.74) is 5.49. The Morgan fingerprint density at radius 3 is 0.931 bits per heavy atom. The summed E-state index contributed by atoms with van der Waals surface area (Å²) in [6.45, 7) is 4.46. The second-order valence-corrected chi connectivity index (χ2v) is 16.4. The Morgan fingerprint density at radius 2 is 0.621 bits per heavy atom. The van der Waals surface area contributed by atoms with Gasteiger partial charge in [0.05, 0.1) is 11.4 Å². The zero-order valence-electron chi connectivity index (χ0n) is 33.7. The minimum atomic E-state index is -0.340. The van der Waals surface area contributed by atoms with Crippen molar-refractivity contribution >= 4 is 78.1 Å². The van der Waals surface area contributed by atoms with Gasteiger partial charge in [0, 0.05) is 33.0 Å². The lowest BCUT2D eigenvalue weighted by molar-refractivity contribution is 0.0877. The van der Waals surface area contributed by atoms with E-state index >= 15 is 0 Å². The van der Waals surface area contributed by atoms with Gasteiger partial charge < -0.3 is 0 Å². The van der Waals surface area contributed by atoms with Crippen molar-refractivity contribution in [3.63, 3.8) is 0 Å². The van der Waals surface area contributed by atoms with Crippen molar-refractivity contribution in [2.24, 2.45) is 0 Å². The quantitative estimate of drug-likeness (QED) is 0.0425. The van der Waals surface area contributed by atoms with E-state index in [1.807, 2.05) is 97.1 Å². The van der Waals surface area contributed by atoms with Gasteiger partial charge >= 0.3 is 0 Å². The van der Waals surface area contributed by atoms with Crippen molar-refractivity contribution in [3.05, 3.63) is 130 Å². The number of hydrogen-bond acceptors (Lipinski definition) is 4. The van der Waals surface area contributed by atoms with Crippen molar-refractivity contribution in [3.8, 4) is 0 Å². The summed E-state index contributed by atoms with van der Waals surface area (Å²) in [7, 11) is 0.